The number of halogens is 2. The number of aromatic nitrogens is 2. The average molecular weight is 441 g/mol. The van der Waals surface area contributed by atoms with Gasteiger partial charge in [-0.1, -0.05) is 35.5 Å². The van der Waals surface area contributed by atoms with Crippen molar-refractivity contribution < 1.29 is 18.1 Å². The van der Waals surface area contributed by atoms with E-state index in [1.807, 2.05) is 0 Å². The van der Waals surface area contributed by atoms with Crippen LogP contribution in [0.3, 0.4) is 0 Å². The Balaban J connectivity index is 1.31. The Morgan fingerprint density at radius 2 is 2.09 bits per heavy atom. The second-order valence-corrected chi connectivity index (χ2v) is 7.96. The Labute approximate surface area is 184 Å². The standard InChI is InChI=1S/C23H25F2N5O2/c24-17-7-3-6-16(11-17)22-28-23(32-29-22)27-14-19-8-4-10-30(19)21(31)13-18(26)12-15-5-1-2-9-20(15)25/h1-3,5-7,9,11,18-19H,4,8,10,12-14,26H2,(H,27,28,29)/t18-,19+/m1/s1. The molecule has 7 nitrogen and oxygen atoms in total. The smallest absolute Gasteiger partial charge is 0.321 e. The van der Waals surface area contributed by atoms with Crippen molar-refractivity contribution in [3.63, 3.8) is 0 Å². The van der Waals surface area contributed by atoms with Crippen LogP contribution in [0.25, 0.3) is 11.4 Å². The van der Waals surface area contributed by atoms with E-state index in [0.717, 1.165) is 12.8 Å². The van der Waals surface area contributed by atoms with Crippen molar-refractivity contribution in [2.75, 3.05) is 18.4 Å². The van der Waals surface area contributed by atoms with Gasteiger partial charge in [-0.2, -0.15) is 4.98 Å². The highest BCUT2D eigenvalue weighted by molar-refractivity contribution is 5.77. The van der Waals surface area contributed by atoms with Gasteiger partial charge in [0.15, 0.2) is 0 Å². The fraction of sp³-hybridized carbons (Fsp3) is 0.348. The molecule has 0 saturated carbocycles. The molecule has 0 spiro atoms. The third kappa shape index (κ3) is 5.28. The molecule has 2 heterocycles. The number of hydrogen-bond donors (Lipinski definition) is 2. The maximum Gasteiger partial charge on any atom is 0.321 e. The van der Waals surface area contributed by atoms with Gasteiger partial charge in [-0.25, -0.2) is 8.78 Å². The van der Waals surface area contributed by atoms with Crippen LogP contribution in [-0.2, 0) is 11.2 Å². The zero-order valence-electron chi connectivity index (χ0n) is 17.5. The Kier molecular flexibility index (Phi) is 6.75. The Bertz CT molecular complexity index is 1070. The van der Waals surface area contributed by atoms with E-state index in [2.05, 4.69) is 15.5 Å². The number of hydrogen-bond acceptors (Lipinski definition) is 6. The third-order valence-electron chi connectivity index (χ3n) is 5.57. The average Bonchev–Trinajstić information content (AvgIpc) is 3.43. The summed E-state index contributed by atoms with van der Waals surface area (Å²) in [5.74, 6) is -0.458. The molecular weight excluding hydrogens is 416 g/mol. The molecule has 1 aliphatic rings. The largest absolute Gasteiger partial charge is 0.338 e. The summed E-state index contributed by atoms with van der Waals surface area (Å²) in [5.41, 5.74) is 7.16. The predicted molar refractivity (Wildman–Crippen MR) is 116 cm³/mol. The molecule has 4 rings (SSSR count). The number of amides is 1. The highest BCUT2D eigenvalue weighted by Gasteiger charge is 2.29. The third-order valence-corrected chi connectivity index (χ3v) is 5.57. The summed E-state index contributed by atoms with van der Waals surface area (Å²) in [5, 5.41) is 6.94. The normalized spacial score (nSPS) is 16.8. The van der Waals surface area contributed by atoms with Gasteiger partial charge in [-0.15, -0.1) is 0 Å². The summed E-state index contributed by atoms with van der Waals surface area (Å²) >= 11 is 0. The van der Waals surface area contributed by atoms with E-state index < -0.39 is 6.04 Å². The first-order valence-corrected chi connectivity index (χ1v) is 10.6. The monoisotopic (exact) mass is 441 g/mol. The Morgan fingerprint density at radius 1 is 1.25 bits per heavy atom. The maximum absolute atomic E-state index is 13.8. The van der Waals surface area contributed by atoms with Crippen molar-refractivity contribution >= 4 is 11.9 Å². The minimum atomic E-state index is -0.460. The summed E-state index contributed by atoms with van der Waals surface area (Å²) in [6.07, 6.45) is 2.18. The zero-order chi connectivity index (χ0) is 22.5. The van der Waals surface area contributed by atoms with Crippen molar-refractivity contribution in [3.05, 3.63) is 65.7 Å². The van der Waals surface area contributed by atoms with E-state index in [9.17, 15) is 13.6 Å². The summed E-state index contributed by atoms with van der Waals surface area (Å²) in [6.45, 7) is 1.09. The number of benzene rings is 2. The molecule has 0 bridgehead atoms. The topological polar surface area (TPSA) is 97.3 Å². The minimum absolute atomic E-state index is 0.0346. The lowest BCUT2D eigenvalue weighted by Gasteiger charge is -2.26. The van der Waals surface area contributed by atoms with Crippen LogP contribution >= 0.6 is 0 Å². The Morgan fingerprint density at radius 3 is 2.91 bits per heavy atom. The quantitative estimate of drug-likeness (QED) is 0.556. The molecule has 1 aromatic heterocycles. The molecule has 2 atom stereocenters. The molecule has 0 radical (unpaired) electrons. The van der Waals surface area contributed by atoms with Crippen molar-refractivity contribution in [2.45, 2.75) is 37.8 Å². The highest BCUT2D eigenvalue weighted by atomic mass is 19.1. The second kappa shape index (κ2) is 9.86. The molecule has 2 aromatic carbocycles. The number of nitrogens with zero attached hydrogens (tertiary/aromatic N) is 3. The molecule has 0 aliphatic carbocycles. The first kappa shape index (κ1) is 21.9. The molecule has 32 heavy (non-hydrogen) atoms. The minimum Gasteiger partial charge on any atom is -0.338 e. The van der Waals surface area contributed by atoms with E-state index in [4.69, 9.17) is 10.3 Å². The number of rotatable bonds is 8. The summed E-state index contributed by atoms with van der Waals surface area (Å²) in [6, 6.07) is 12.1. The predicted octanol–water partition coefficient (Wildman–Crippen LogP) is 3.38. The van der Waals surface area contributed by atoms with Gasteiger partial charge >= 0.3 is 6.01 Å². The number of anilines is 1. The lowest BCUT2D eigenvalue weighted by molar-refractivity contribution is -0.132. The molecule has 1 amide bonds. The Hall–Kier alpha value is -3.33. The van der Waals surface area contributed by atoms with Gasteiger partial charge in [-0.3, -0.25) is 4.79 Å². The SMILES string of the molecule is N[C@@H](CC(=O)N1CCC[C@H]1CNc1nc(-c2cccc(F)c2)no1)Cc1ccccc1F. The number of nitrogens with two attached hydrogens (primary N) is 1. The number of carbonyl (C=O) groups is 1. The summed E-state index contributed by atoms with van der Waals surface area (Å²) < 4.78 is 32.4. The van der Waals surface area contributed by atoms with Gasteiger partial charge in [0.2, 0.25) is 11.7 Å². The van der Waals surface area contributed by atoms with Gasteiger partial charge in [0, 0.05) is 37.2 Å². The highest BCUT2D eigenvalue weighted by Crippen LogP contribution is 2.22. The molecule has 168 valence electrons. The molecule has 3 aromatic rings. The van der Waals surface area contributed by atoms with Crippen molar-refractivity contribution in [1.29, 1.82) is 0 Å². The lowest BCUT2D eigenvalue weighted by Crippen LogP contribution is -2.42. The van der Waals surface area contributed by atoms with E-state index >= 15 is 0 Å². The lowest BCUT2D eigenvalue weighted by atomic mass is 10.0. The van der Waals surface area contributed by atoms with Crippen LogP contribution < -0.4 is 11.1 Å². The molecule has 1 saturated heterocycles. The number of nitrogens with one attached hydrogen (secondary N) is 1. The second-order valence-electron chi connectivity index (χ2n) is 7.96. The van der Waals surface area contributed by atoms with Crippen LogP contribution in [-0.4, -0.2) is 46.1 Å². The summed E-state index contributed by atoms with van der Waals surface area (Å²) in [7, 11) is 0. The molecule has 1 fully saturated rings. The molecule has 1 aliphatic heterocycles. The zero-order valence-corrected chi connectivity index (χ0v) is 17.5. The van der Waals surface area contributed by atoms with Gasteiger partial charge in [0.1, 0.15) is 11.6 Å². The van der Waals surface area contributed by atoms with Crippen LogP contribution in [0.2, 0.25) is 0 Å². The van der Waals surface area contributed by atoms with Crippen molar-refractivity contribution in [1.82, 2.24) is 15.0 Å². The van der Waals surface area contributed by atoms with Crippen molar-refractivity contribution in [2.24, 2.45) is 5.73 Å². The first-order chi connectivity index (χ1) is 15.5. The molecule has 0 unspecified atom stereocenters. The van der Waals surface area contributed by atoms with Crippen LogP contribution in [0.5, 0.6) is 0 Å². The summed E-state index contributed by atoms with van der Waals surface area (Å²) in [4.78, 5) is 18.9. The maximum atomic E-state index is 13.8. The van der Waals surface area contributed by atoms with E-state index in [1.165, 1.54) is 18.2 Å². The number of carbonyl (C=O) groups excluding carboxylic acids is 1. The van der Waals surface area contributed by atoms with E-state index in [-0.39, 0.29) is 41.8 Å². The molecular formula is C23H25F2N5O2. The fourth-order valence-corrected chi connectivity index (χ4v) is 3.98. The first-order valence-electron chi connectivity index (χ1n) is 10.6. The van der Waals surface area contributed by atoms with Gasteiger partial charge in [0.25, 0.3) is 0 Å². The van der Waals surface area contributed by atoms with Gasteiger partial charge in [-0.05, 0) is 43.0 Å². The molecule has 9 heteroatoms. The van der Waals surface area contributed by atoms with Crippen LogP contribution in [0.4, 0.5) is 14.8 Å². The van der Waals surface area contributed by atoms with Gasteiger partial charge < -0.3 is 20.5 Å². The van der Waals surface area contributed by atoms with E-state index in [1.54, 1.807) is 35.2 Å². The van der Waals surface area contributed by atoms with Gasteiger partial charge in [0.05, 0.1) is 0 Å². The van der Waals surface area contributed by atoms with E-state index in [0.29, 0.717) is 30.6 Å². The van der Waals surface area contributed by atoms with Crippen LogP contribution in [0.15, 0.2) is 53.1 Å². The molecule has 3 N–H and O–H groups in total. The van der Waals surface area contributed by atoms with Crippen LogP contribution in [0.1, 0.15) is 24.8 Å². The fourth-order valence-electron chi connectivity index (χ4n) is 3.98. The van der Waals surface area contributed by atoms with Crippen molar-refractivity contribution in [3.8, 4) is 11.4 Å². The van der Waals surface area contributed by atoms with Crippen LogP contribution in [0, 0.1) is 11.6 Å². The number of likely N-dealkylation sites (tertiary alicyclic amines) is 1.